The van der Waals surface area contributed by atoms with Gasteiger partial charge < -0.3 is 10.0 Å². The maximum Gasteiger partial charge on any atom is 0.346 e. The van der Waals surface area contributed by atoms with Crippen molar-refractivity contribution in [3.8, 4) is 0 Å². The highest BCUT2D eigenvalue weighted by atomic mass is 32.1. The molecule has 0 saturated heterocycles. The van der Waals surface area contributed by atoms with E-state index in [0.717, 1.165) is 11.1 Å². The van der Waals surface area contributed by atoms with E-state index in [9.17, 15) is 9.90 Å². The smallest absolute Gasteiger partial charge is 0.346 e. The Morgan fingerprint density at radius 2 is 1.84 bits per heavy atom. The Labute approximate surface area is 189 Å². The number of carbonyl (C=O) groups is 1. The van der Waals surface area contributed by atoms with Crippen LogP contribution in [0.3, 0.4) is 0 Å². The van der Waals surface area contributed by atoms with Gasteiger partial charge in [-0.3, -0.25) is 4.90 Å². The Balaban J connectivity index is 2.06. The summed E-state index contributed by atoms with van der Waals surface area (Å²) in [6.45, 7) is 6.80. The highest BCUT2D eigenvalue weighted by molar-refractivity contribution is 7.12. The molecule has 31 heavy (non-hydrogen) atoms. The molecule has 162 valence electrons. The van der Waals surface area contributed by atoms with Crippen molar-refractivity contribution < 1.29 is 9.90 Å². The summed E-state index contributed by atoms with van der Waals surface area (Å²) < 4.78 is 0. The fraction of sp³-hybridized carbons (Fsp3) is 0.320. The number of hydrogen-bond acceptors (Lipinski definition) is 4. The number of carboxylic acids is 1. The van der Waals surface area contributed by atoms with Crippen molar-refractivity contribution in [1.82, 2.24) is 4.90 Å². The van der Waals surface area contributed by atoms with Gasteiger partial charge in [-0.1, -0.05) is 37.4 Å². The number of anilines is 1. The molecule has 2 aromatic rings. The molecule has 1 aliphatic carbocycles. The molecule has 1 aliphatic heterocycles. The van der Waals surface area contributed by atoms with E-state index in [2.05, 4.69) is 87.5 Å². The van der Waals surface area contributed by atoms with Gasteiger partial charge in [-0.05, 0) is 76.8 Å². The number of carboxylic acid groups (broad SMARTS) is 1. The van der Waals surface area contributed by atoms with Crippen LogP contribution in [-0.2, 0) is 0 Å². The lowest BCUT2D eigenvalue weighted by molar-refractivity contribution is 0.0701. The molecule has 4 rings (SSSR count). The number of rotatable bonds is 4. The fourth-order valence-electron chi connectivity index (χ4n) is 4.68. The molecule has 1 aromatic heterocycles. The molecule has 1 unspecified atom stereocenters. The highest BCUT2D eigenvalue weighted by Crippen LogP contribution is 2.44. The van der Waals surface area contributed by atoms with Crippen LogP contribution in [0.4, 0.5) is 5.69 Å². The lowest BCUT2D eigenvalue weighted by Crippen LogP contribution is -2.50. The summed E-state index contributed by atoms with van der Waals surface area (Å²) in [7, 11) is 6.42. The topological polar surface area (TPSA) is 43.8 Å². The Morgan fingerprint density at radius 3 is 2.42 bits per heavy atom. The van der Waals surface area contributed by atoms with Gasteiger partial charge in [0.05, 0.1) is 0 Å². The van der Waals surface area contributed by atoms with Crippen molar-refractivity contribution in [2.24, 2.45) is 0 Å². The number of benzene rings is 1. The number of nitrogens with zero attached hydrogens (tertiary/aromatic N) is 2. The van der Waals surface area contributed by atoms with E-state index in [1.165, 1.54) is 44.1 Å². The number of allylic oxidation sites excluding steroid dienone is 3. The summed E-state index contributed by atoms with van der Waals surface area (Å²) in [6.07, 6.45) is 6.94. The van der Waals surface area contributed by atoms with Gasteiger partial charge in [-0.2, -0.15) is 0 Å². The summed E-state index contributed by atoms with van der Waals surface area (Å²) in [5.74, 6) is -0.851. The van der Waals surface area contributed by atoms with Gasteiger partial charge in [-0.15, -0.1) is 11.3 Å². The van der Waals surface area contributed by atoms with Crippen molar-refractivity contribution in [2.75, 3.05) is 33.1 Å². The zero-order valence-corrected chi connectivity index (χ0v) is 21.1. The van der Waals surface area contributed by atoms with Crippen LogP contribution in [-0.4, -0.2) is 58.3 Å². The van der Waals surface area contributed by atoms with Crippen LogP contribution in [0.25, 0.3) is 5.57 Å². The van der Waals surface area contributed by atoms with Gasteiger partial charge in [0, 0.05) is 25.8 Å². The SMILES string of the molecule is Cc1c(C2=C3C=CC(N(C)C)C=C3[Si](C)(C)c3cc(N(C)C)ccc32)csc1C(=O)O. The zero-order valence-electron chi connectivity index (χ0n) is 19.3. The first-order chi connectivity index (χ1) is 14.5. The molecule has 0 radical (unpaired) electrons. The van der Waals surface area contributed by atoms with E-state index in [1.54, 1.807) is 0 Å². The van der Waals surface area contributed by atoms with Gasteiger partial charge >= 0.3 is 5.97 Å². The van der Waals surface area contributed by atoms with E-state index in [4.69, 9.17) is 0 Å². The van der Waals surface area contributed by atoms with Crippen molar-refractivity contribution in [3.05, 3.63) is 74.1 Å². The van der Waals surface area contributed by atoms with Gasteiger partial charge in [-0.25, -0.2) is 4.79 Å². The van der Waals surface area contributed by atoms with E-state index in [1.807, 2.05) is 12.3 Å². The number of hydrogen-bond donors (Lipinski definition) is 1. The predicted molar refractivity (Wildman–Crippen MR) is 135 cm³/mol. The van der Waals surface area contributed by atoms with Crippen LogP contribution in [0.2, 0.25) is 13.1 Å². The normalized spacial score (nSPS) is 19.2. The summed E-state index contributed by atoms with van der Waals surface area (Å²) >= 11 is 1.32. The second-order valence-corrected chi connectivity index (χ2v) is 14.5. The predicted octanol–water partition coefficient (Wildman–Crippen LogP) is 4.52. The monoisotopic (exact) mass is 450 g/mol. The number of fused-ring (bicyclic) bond motifs is 2. The van der Waals surface area contributed by atoms with Crippen molar-refractivity contribution in [2.45, 2.75) is 26.1 Å². The largest absolute Gasteiger partial charge is 0.477 e. The first-order valence-corrected chi connectivity index (χ1v) is 14.4. The molecule has 1 atom stereocenters. The minimum Gasteiger partial charge on any atom is -0.477 e. The molecule has 1 aromatic carbocycles. The Hall–Kier alpha value is -2.41. The third-order valence-electron chi connectivity index (χ3n) is 6.59. The molecule has 0 saturated carbocycles. The number of likely N-dealkylation sites (N-methyl/N-ethyl adjacent to an activating group) is 1. The summed E-state index contributed by atoms with van der Waals surface area (Å²) in [6, 6.07) is 7.03. The van der Waals surface area contributed by atoms with E-state index >= 15 is 0 Å². The molecule has 4 nitrogen and oxygen atoms in total. The van der Waals surface area contributed by atoms with E-state index in [-0.39, 0.29) is 6.04 Å². The summed E-state index contributed by atoms with van der Waals surface area (Å²) in [5, 5.41) is 14.5. The molecule has 6 heteroatoms. The molecule has 2 heterocycles. The molecular weight excluding hydrogens is 420 g/mol. The second kappa shape index (κ2) is 7.62. The number of aromatic carboxylic acids is 1. The third kappa shape index (κ3) is 3.43. The fourth-order valence-corrected chi connectivity index (χ4v) is 8.75. The maximum atomic E-state index is 11.8. The molecular formula is C25H30N2O2SSi. The van der Waals surface area contributed by atoms with Crippen molar-refractivity contribution in [3.63, 3.8) is 0 Å². The molecule has 1 N–H and O–H groups in total. The standard InChI is InChI=1S/C25H30N2O2SSi/c1-15-20(14-30-24(15)25(28)29)23-18-10-8-16(26(2)3)12-21(18)31(6,7)22-13-17(27(4)5)9-11-19(22)23/h8-14,16H,1-7H3,(H,28,29). The van der Waals surface area contributed by atoms with Crippen LogP contribution < -0.4 is 10.1 Å². The molecule has 0 amide bonds. The average Bonchev–Trinajstić information content (AvgIpc) is 3.09. The van der Waals surface area contributed by atoms with E-state index < -0.39 is 14.0 Å². The molecule has 0 spiro atoms. The number of thiophene rings is 1. The Morgan fingerprint density at radius 1 is 1.13 bits per heavy atom. The Bertz CT molecular complexity index is 1170. The first kappa shape index (κ1) is 21.8. The summed E-state index contributed by atoms with van der Waals surface area (Å²) in [4.78, 5) is 16.6. The highest BCUT2D eigenvalue weighted by Gasteiger charge is 2.40. The van der Waals surface area contributed by atoms with Crippen LogP contribution in [0, 0.1) is 6.92 Å². The van der Waals surface area contributed by atoms with Gasteiger partial charge in [0.1, 0.15) is 13.0 Å². The lowest BCUT2D eigenvalue weighted by atomic mass is 9.88. The van der Waals surface area contributed by atoms with Crippen LogP contribution >= 0.6 is 11.3 Å². The quantitative estimate of drug-likeness (QED) is 0.696. The molecule has 0 fully saturated rings. The summed E-state index contributed by atoms with van der Waals surface area (Å²) in [5.41, 5.74) is 6.78. The van der Waals surface area contributed by atoms with Crippen molar-refractivity contribution >= 4 is 41.8 Å². The van der Waals surface area contributed by atoms with Gasteiger partial charge in [0.25, 0.3) is 0 Å². The van der Waals surface area contributed by atoms with Gasteiger partial charge in [0.15, 0.2) is 0 Å². The first-order valence-electron chi connectivity index (χ1n) is 10.5. The second-order valence-electron chi connectivity index (χ2n) is 9.34. The maximum absolute atomic E-state index is 11.8. The minimum atomic E-state index is -1.96. The van der Waals surface area contributed by atoms with E-state index in [0.29, 0.717) is 4.88 Å². The van der Waals surface area contributed by atoms with Crippen LogP contribution in [0.1, 0.15) is 26.4 Å². The van der Waals surface area contributed by atoms with Crippen LogP contribution in [0.5, 0.6) is 0 Å². The molecule has 0 bridgehead atoms. The average molecular weight is 451 g/mol. The van der Waals surface area contributed by atoms with Crippen LogP contribution in [0.15, 0.2) is 52.6 Å². The molecule has 2 aliphatic rings. The lowest BCUT2D eigenvalue weighted by Gasteiger charge is -2.40. The Kier molecular flexibility index (Phi) is 5.36. The van der Waals surface area contributed by atoms with Crippen molar-refractivity contribution in [1.29, 1.82) is 0 Å². The zero-order chi connectivity index (χ0) is 22.7. The third-order valence-corrected chi connectivity index (χ3v) is 11.2. The minimum absolute atomic E-state index is 0.267. The van der Waals surface area contributed by atoms with Gasteiger partial charge in [0.2, 0.25) is 0 Å².